The van der Waals surface area contributed by atoms with E-state index in [1.165, 1.54) is 5.38 Å². The van der Waals surface area contributed by atoms with Gasteiger partial charge < -0.3 is 10.4 Å². The van der Waals surface area contributed by atoms with Crippen molar-refractivity contribution >= 4 is 23.2 Å². The third kappa shape index (κ3) is 4.81. The van der Waals surface area contributed by atoms with Crippen molar-refractivity contribution in [2.24, 2.45) is 0 Å². The molecule has 1 amide bonds. The Morgan fingerprint density at radius 2 is 2.12 bits per heavy atom. The lowest BCUT2D eigenvalue weighted by molar-refractivity contribution is -0.153. The topological polar surface area (TPSA) is 79.3 Å². The van der Waals surface area contributed by atoms with Gasteiger partial charge in [0.25, 0.3) is 0 Å². The van der Waals surface area contributed by atoms with Crippen LogP contribution in [-0.2, 0) is 11.3 Å². The third-order valence-electron chi connectivity index (χ3n) is 1.57. The molecule has 0 aliphatic rings. The molecule has 2 N–H and O–H groups in total. The van der Waals surface area contributed by atoms with Crippen molar-refractivity contribution in [2.45, 2.75) is 19.1 Å². The average molecular weight is 268 g/mol. The van der Waals surface area contributed by atoms with Gasteiger partial charge in [0, 0.05) is 5.38 Å². The van der Waals surface area contributed by atoms with Crippen LogP contribution >= 0.6 is 11.3 Å². The average Bonchev–Trinajstić information content (AvgIpc) is 2.60. The molecule has 0 atom stereocenters. The van der Waals surface area contributed by atoms with Crippen molar-refractivity contribution in [3.8, 4) is 0 Å². The third-order valence-corrected chi connectivity index (χ3v) is 2.42. The van der Waals surface area contributed by atoms with E-state index in [0.717, 1.165) is 11.3 Å². The Morgan fingerprint density at radius 1 is 1.47 bits per heavy atom. The number of carboxylic acids is 1. The van der Waals surface area contributed by atoms with E-state index in [1.807, 2.05) is 5.32 Å². The monoisotopic (exact) mass is 268 g/mol. The van der Waals surface area contributed by atoms with Gasteiger partial charge in [-0.05, 0) is 0 Å². The van der Waals surface area contributed by atoms with Gasteiger partial charge in [-0.3, -0.25) is 4.79 Å². The van der Waals surface area contributed by atoms with Crippen molar-refractivity contribution in [1.82, 2.24) is 10.3 Å². The Balaban J connectivity index is 2.45. The Hall–Kier alpha value is -1.64. The van der Waals surface area contributed by atoms with Crippen molar-refractivity contribution in [3.05, 3.63) is 16.1 Å². The van der Waals surface area contributed by atoms with E-state index < -0.39 is 24.5 Å². The molecule has 0 saturated heterocycles. The SMILES string of the molecule is O=C(CC(F)(F)F)NCc1nc(C(=O)O)cs1. The van der Waals surface area contributed by atoms with E-state index in [9.17, 15) is 22.8 Å². The number of aromatic nitrogens is 1. The second-order valence-electron chi connectivity index (χ2n) is 3.00. The van der Waals surface area contributed by atoms with E-state index in [2.05, 4.69) is 4.98 Å². The summed E-state index contributed by atoms with van der Waals surface area (Å²) in [5, 5.41) is 12.0. The maximum Gasteiger partial charge on any atom is 0.397 e. The van der Waals surface area contributed by atoms with Gasteiger partial charge in [-0.1, -0.05) is 0 Å². The van der Waals surface area contributed by atoms with Crippen LogP contribution in [0.2, 0.25) is 0 Å². The van der Waals surface area contributed by atoms with Crippen LogP contribution in [0.4, 0.5) is 13.2 Å². The summed E-state index contributed by atoms with van der Waals surface area (Å²) in [5.74, 6) is -2.40. The van der Waals surface area contributed by atoms with Gasteiger partial charge in [-0.15, -0.1) is 11.3 Å². The first kappa shape index (κ1) is 13.4. The van der Waals surface area contributed by atoms with Crippen LogP contribution < -0.4 is 5.32 Å². The lowest BCUT2D eigenvalue weighted by Gasteiger charge is -2.05. The molecule has 17 heavy (non-hydrogen) atoms. The molecule has 0 bridgehead atoms. The highest BCUT2D eigenvalue weighted by molar-refractivity contribution is 7.09. The first-order chi connectivity index (χ1) is 7.78. The number of halogens is 3. The van der Waals surface area contributed by atoms with Crippen molar-refractivity contribution in [1.29, 1.82) is 0 Å². The Bertz CT molecular complexity index is 430. The van der Waals surface area contributed by atoms with Crippen molar-refractivity contribution in [3.63, 3.8) is 0 Å². The second-order valence-corrected chi connectivity index (χ2v) is 3.94. The second kappa shape index (κ2) is 5.13. The van der Waals surface area contributed by atoms with Gasteiger partial charge in [0.1, 0.15) is 11.4 Å². The molecule has 0 aromatic carbocycles. The van der Waals surface area contributed by atoms with Gasteiger partial charge in [0.2, 0.25) is 5.91 Å². The maximum atomic E-state index is 11.8. The fourth-order valence-corrected chi connectivity index (χ4v) is 1.62. The minimum Gasteiger partial charge on any atom is -0.476 e. The van der Waals surface area contributed by atoms with Gasteiger partial charge >= 0.3 is 12.1 Å². The number of alkyl halides is 3. The molecular formula is C8H7F3N2O3S. The molecule has 1 aromatic rings. The van der Waals surface area contributed by atoms with Crippen molar-refractivity contribution < 1.29 is 27.9 Å². The Kier molecular flexibility index (Phi) is 4.05. The zero-order valence-electron chi connectivity index (χ0n) is 8.24. The first-order valence-electron chi connectivity index (χ1n) is 4.29. The first-order valence-corrected chi connectivity index (χ1v) is 5.17. The number of carboxylic acid groups (broad SMARTS) is 1. The quantitative estimate of drug-likeness (QED) is 0.865. The molecule has 0 fully saturated rings. The number of thiazole rings is 1. The summed E-state index contributed by atoms with van der Waals surface area (Å²) in [7, 11) is 0. The van der Waals surface area contributed by atoms with E-state index in [1.54, 1.807) is 0 Å². The zero-order chi connectivity index (χ0) is 13.1. The van der Waals surface area contributed by atoms with E-state index in [-0.39, 0.29) is 17.2 Å². The Morgan fingerprint density at radius 3 is 2.59 bits per heavy atom. The molecule has 1 heterocycles. The summed E-state index contributed by atoms with van der Waals surface area (Å²) in [5.41, 5.74) is -0.199. The predicted octanol–water partition coefficient (Wildman–Crippen LogP) is 1.41. The number of hydrogen-bond acceptors (Lipinski definition) is 4. The highest BCUT2D eigenvalue weighted by Gasteiger charge is 2.31. The Labute approximate surface area is 97.3 Å². The number of nitrogens with one attached hydrogen (secondary N) is 1. The normalized spacial score (nSPS) is 11.2. The molecule has 0 aliphatic carbocycles. The number of carbonyl (C=O) groups is 2. The van der Waals surface area contributed by atoms with Crippen LogP contribution in [0.25, 0.3) is 0 Å². The molecule has 0 radical (unpaired) electrons. The fraction of sp³-hybridized carbons (Fsp3) is 0.375. The van der Waals surface area contributed by atoms with Gasteiger partial charge in [-0.25, -0.2) is 9.78 Å². The van der Waals surface area contributed by atoms with E-state index in [0.29, 0.717) is 0 Å². The summed E-state index contributed by atoms with van der Waals surface area (Å²) in [6.45, 7) is -0.215. The van der Waals surface area contributed by atoms with E-state index in [4.69, 9.17) is 5.11 Å². The summed E-state index contributed by atoms with van der Waals surface area (Å²) < 4.78 is 35.4. The fourth-order valence-electron chi connectivity index (χ4n) is 0.909. The van der Waals surface area contributed by atoms with Gasteiger partial charge in [0.15, 0.2) is 5.69 Å². The standard InChI is InChI=1S/C8H7F3N2O3S/c9-8(10,11)1-5(14)12-2-6-13-4(3-17-6)7(15)16/h3H,1-2H2,(H,12,14)(H,15,16). The molecule has 1 aromatic heterocycles. The molecule has 0 aliphatic heterocycles. The minimum absolute atomic E-state index is 0.199. The van der Waals surface area contributed by atoms with Gasteiger partial charge in [-0.2, -0.15) is 13.2 Å². The smallest absolute Gasteiger partial charge is 0.397 e. The molecule has 9 heteroatoms. The lowest BCUT2D eigenvalue weighted by Crippen LogP contribution is -2.28. The van der Waals surface area contributed by atoms with Crippen LogP contribution in [0, 0.1) is 0 Å². The number of rotatable bonds is 4. The summed E-state index contributed by atoms with van der Waals surface area (Å²) in [6, 6.07) is 0. The van der Waals surface area contributed by atoms with Gasteiger partial charge in [0.05, 0.1) is 6.54 Å². The minimum atomic E-state index is -4.56. The highest BCUT2D eigenvalue weighted by atomic mass is 32.1. The summed E-state index contributed by atoms with van der Waals surface area (Å²) in [6.07, 6.45) is -6.12. The predicted molar refractivity (Wildman–Crippen MR) is 51.6 cm³/mol. The lowest BCUT2D eigenvalue weighted by atomic mass is 10.4. The molecule has 1 rings (SSSR count). The molecule has 0 spiro atoms. The van der Waals surface area contributed by atoms with Crippen LogP contribution in [0.5, 0.6) is 0 Å². The summed E-state index contributed by atoms with van der Waals surface area (Å²) >= 11 is 0.950. The molecule has 5 nitrogen and oxygen atoms in total. The number of amides is 1. The number of nitrogens with zero attached hydrogens (tertiary/aromatic N) is 1. The largest absolute Gasteiger partial charge is 0.476 e. The number of aromatic carboxylic acids is 1. The summed E-state index contributed by atoms with van der Waals surface area (Å²) in [4.78, 5) is 24.9. The highest BCUT2D eigenvalue weighted by Crippen LogP contribution is 2.19. The van der Waals surface area contributed by atoms with Crippen LogP contribution in [0.3, 0.4) is 0 Å². The van der Waals surface area contributed by atoms with Crippen molar-refractivity contribution in [2.75, 3.05) is 0 Å². The maximum absolute atomic E-state index is 11.8. The molecule has 94 valence electrons. The molecular weight excluding hydrogens is 261 g/mol. The number of hydrogen-bond donors (Lipinski definition) is 2. The van der Waals surface area contributed by atoms with Crippen LogP contribution in [0.1, 0.15) is 21.9 Å². The zero-order valence-corrected chi connectivity index (χ0v) is 9.06. The molecule has 0 unspecified atom stereocenters. The van der Waals surface area contributed by atoms with E-state index >= 15 is 0 Å². The van der Waals surface area contributed by atoms with Crippen LogP contribution in [-0.4, -0.2) is 28.1 Å². The number of carbonyl (C=O) groups excluding carboxylic acids is 1. The van der Waals surface area contributed by atoms with Crippen LogP contribution in [0.15, 0.2) is 5.38 Å². The molecule has 0 saturated carbocycles.